The molecule has 0 radical (unpaired) electrons. The number of benzene rings is 2. The molecule has 3 nitrogen and oxygen atoms in total. The number of nitrogens with zero attached hydrogens (tertiary/aromatic N) is 1. The number of halogens is 3. The van der Waals surface area contributed by atoms with Gasteiger partial charge in [0, 0.05) is 0 Å². The van der Waals surface area contributed by atoms with E-state index in [1.807, 2.05) is 25.1 Å². The highest BCUT2D eigenvalue weighted by Gasteiger charge is 2.31. The molecule has 1 aliphatic heterocycles. The maximum Gasteiger partial charge on any atom is 0.573 e. The van der Waals surface area contributed by atoms with Crippen LogP contribution in [0.2, 0.25) is 0 Å². The van der Waals surface area contributed by atoms with Crippen LogP contribution >= 0.6 is 0 Å². The highest BCUT2D eigenvalue weighted by atomic mass is 19.4. The van der Waals surface area contributed by atoms with Crippen molar-refractivity contribution >= 4 is 11.4 Å². The molecule has 0 saturated carbocycles. The molecule has 0 atom stereocenters. The number of aryl methyl sites for hydroxylation is 1. The van der Waals surface area contributed by atoms with Crippen LogP contribution in [-0.4, -0.2) is 18.7 Å². The molecule has 114 valence electrons. The highest BCUT2D eigenvalue weighted by molar-refractivity contribution is 6.04. The molecule has 1 heterocycles. The molecule has 3 rings (SSSR count). The van der Waals surface area contributed by atoms with E-state index < -0.39 is 6.36 Å². The number of hydrogen-bond acceptors (Lipinski definition) is 3. The largest absolute Gasteiger partial charge is 0.573 e. The van der Waals surface area contributed by atoms with Crippen LogP contribution in [0.4, 0.5) is 18.9 Å². The smallest absolute Gasteiger partial charge is 0.485 e. The van der Waals surface area contributed by atoms with Gasteiger partial charge in [-0.3, -0.25) is 0 Å². The molecule has 0 bridgehead atoms. The van der Waals surface area contributed by atoms with Crippen LogP contribution in [0.15, 0.2) is 47.5 Å². The molecule has 0 aliphatic carbocycles. The van der Waals surface area contributed by atoms with Crippen molar-refractivity contribution in [3.63, 3.8) is 0 Å². The standard InChI is InChI=1S/C16H12F3NO2/c1-10-2-7-13-15(8-10)21-9-14(20-13)11-3-5-12(6-4-11)22-16(17,18)19/h2-8H,9H2,1H3. The van der Waals surface area contributed by atoms with Crippen molar-refractivity contribution in [2.75, 3.05) is 6.61 Å². The lowest BCUT2D eigenvalue weighted by Gasteiger charge is -2.18. The third kappa shape index (κ3) is 3.21. The van der Waals surface area contributed by atoms with Crippen molar-refractivity contribution in [3.05, 3.63) is 53.6 Å². The fourth-order valence-electron chi connectivity index (χ4n) is 2.15. The molecule has 22 heavy (non-hydrogen) atoms. The number of hydrogen-bond donors (Lipinski definition) is 0. The zero-order chi connectivity index (χ0) is 15.7. The van der Waals surface area contributed by atoms with E-state index in [1.54, 1.807) is 0 Å². The first-order valence-electron chi connectivity index (χ1n) is 6.58. The van der Waals surface area contributed by atoms with Crippen LogP contribution in [-0.2, 0) is 0 Å². The third-order valence-electron chi connectivity index (χ3n) is 3.16. The van der Waals surface area contributed by atoms with Gasteiger partial charge < -0.3 is 9.47 Å². The Labute approximate surface area is 125 Å². The number of ether oxygens (including phenoxy) is 2. The Hall–Kier alpha value is -2.50. The van der Waals surface area contributed by atoms with E-state index in [-0.39, 0.29) is 12.4 Å². The van der Waals surface area contributed by atoms with Gasteiger partial charge in [-0.15, -0.1) is 13.2 Å². The highest BCUT2D eigenvalue weighted by Crippen LogP contribution is 2.32. The van der Waals surface area contributed by atoms with Crippen LogP contribution in [0.3, 0.4) is 0 Å². The number of fused-ring (bicyclic) bond motifs is 1. The van der Waals surface area contributed by atoms with Gasteiger partial charge in [-0.05, 0) is 54.4 Å². The maximum absolute atomic E-state index is 12.1. The van der Waals surface area contributed by atoms with Gasteiger partial charge in [0.2, 0.25) is 0 Å². The summed E-state index contributed by atoms with van der Waals surface area (Å²) >= 11 is 0. The van der Waals surface area contributed by atoms with Crippen LogP contribution < -0.4 is 9.47 Å². The average Bonchev–Trinajstić information content (AvgIpc) is 2.46. The minimum absolute atomic E-state index is 0.260. The van der Waals surface area contributed by atoms with E-state index in [2.05, 4.69) is 9.73 Å². The zero-order valence-corrected chi connectivity index (χ0v) is 11.6. The second-order valence-electron chi connectivity index (χ2n) is 4.89. The van der Waals surface area contributed by atoms with Crippen molar-refractivity contribution in [2.45, 2.75) is 13.3 Å². The molecule has 2 aromatic carbocycles. The zero-order valence-electron chi connectivity index (χ0n) is 11.6. The quantitative estimate of drug-likeness (QED) is 0.823. The summed E-state index contributed by atoms with van der Waals surface area (Å²) in [6.07, 6.45) is -4.69. The minimum atomic E-state index is -4.69. The van der Waals surface area contributed by atoms with E-state index >= 15 is 0 Å². The summed E-state index contributed by atoms with van der Waals surface area (Å²) < 4.78 is 45.9. The number of aliphatic imine (C=N–C) groups is 1. The second-order valence-corrected chi connectivity index (χ2v) is 4.89. The molecule has 6 heteroatoms. The number of alkyl halides is 3. The monoisotopic (exact) mass is 307 g/mol. The van der Waals surface area contributed by atoms with E-state index in [0.29, 0.717) is 22.7 Å². The van der Waals surface area contributed by atoms with Crippen molar-refractivity contribution in [1.82, 2.24) is 0 Å². The van der Waals surface area contributed by atoms with Crippen molar-refractivity contribution in [1.29, 1.82) is 0 Å². The summed E-state index contributed by atoms with van der Waals surface area (Å²) in [5.74, 6) is 0.449. The predicted octanol–water partition coefficient (Wildman–Crippen LogP) is 4.41. The summed E-state index contributed by atoms with van der Waals surface area (Å²) in [6.45, 7) is 2.23. The van der Waals surface area contributed by atoms with Crippen molar-refractivity contribution in [3.8, 4) is 11.5 Å². The normalized spacial score (nSPS) is 13.9. The predicted molar refractivity (Wildman–Crippen MR) is 76.0 cm³/mol. The van der Waals surface area contributed by atoms with Gasteiger partial charge in [-0.2, -0.15) is 0 Å². The first kappa shape index (κ1) is 14.4. The van der Waals surface area contributed by atoms with E-state index in [4.69, 9.17) is 4.74 Å². The van der Waals surface area contributed by atoms with Gasteiger partial charge in [-0.25, -0.2) is 4.99 Å². The molecule has 0 saturated heterocycles. The molecule has 0 aromatic heterocycles. The average molecular weight is 307 g/mol. The Balaban J connectivity index is 1.84. The molecular weight excluding hydrogens is 295 g/mol. The Kier molecular flexibility index (Phi) is 3.52. The first-order chi connectivity index (χ1) is 10.4. The van der Waals surface area contributed by atoms with Crippen LogP contribution in [0.1, 0.15) is 11.1 Å². The fourth-order valence-corrected chi connectivity index (χ4v) is 2.15. The van der Waals surface area contributed by atoms with Gasteiger partial charge in [0.1, 0.15) is 23.8 Å². The number of rotatable bonds is 2. The van der Waals surface area contributed by atoms with Crippen molar-refractivity contribution in [2.24, 2.45) is 4.99 Å². The molecule has 1 aliphatic rings. The van der Waals surface area contributed by atoms with Gasteiger partial charge in [0.05, 0.1) is 5.71 Å². The Morgan fingerprint density at radius 3 is 2.50 bits per heavy atom. The molecule has 0 unspecified atom stereocenters. The first-order valence-corrected chi connectivity index (χ1v) is 6.58. The molecular formula is C16H12F3NO2. The van der Waals surface area contributed by atoms with E-state index in [9.17, 15) is 13.2 Å². The summed E-state index contributed by atoms with van der Waals surface area (Å²) in [6, 6.07) is 11.3. The van der Waals surface area contributed by atoms with Crippen LogP contribution in [0.5, 0.6) is 11.5 Å². The maximum atomic E-state index is 12.1. The molecule has 0 N–H and O–H groups in total. The van der Waals surface area contributed by atoms with Gasteiger partial charge in [0.15, 0.2) is 0 Å². The lowest BCUT2D eigenvalue weighted by atomic mass is 10.1. The summed E-state index contributed by atoms with van der Waals surface area (Å²) in [5, 5.41) is 0. The van der Waals surface area contributed by atoms with Gasteiger partial charge in [0.25, 0.3) is 0 Å². The lowest BCUT2D eigenvalue weighted by molar-refractivity contribution is -0.274. The third-order valence-corrected chi connectivity index (χ3v) is 3.16. The van der Waals surface area contributed by atoms with Crippen LogP contribution in [0.25, 0.3) is 0 Å². The Morgan fingerprint density at radius 2 is 1.82 bits per heavy atom. The summed E-state index contributed by atoms with van der Waals surface area (Å²) in [5.41, 5.74) is 3.14. The van der Waals surface area contributed by atoms with E-state index in [0.717, 1.165) is 5.56 Å². The Morgan fingerprint density at radius 1 is 1.09 bits per heavy atom. The molecule has 0 fully saturated rings. The topological polar surface area (TPSA) is 30.8 Å². The molecule has 0 amide bonds. The lowest BCUT2D eigenvalue weighted by Crippen LogP contribution is -2.18. The SMILES string of the molecule is Cc1ccc2c(c1)OCC(c1ccc(OC(F)(F)F)cc1)=N2. The molecule has 2 aromatic rings. The summed E-state index contributed by atoms with van der Waals surface area (Å²) in [4.78, 5) is 4.49. The van der Waals surface area contributed by atoms with Gasteiger partial charge in [-0.1, -0.05) is 6.07 Å². The second kappa shape index (κ2) is 5.36. The summed E-state index contributed by atoms with van der Waals surface area (Å²) in [7, 11) is 0. The van der Waals surface area contributed by atoms with Gasteiger partial charge >= 0.3 is 6.36 Å². The van der Waals surface area contributed by atoms with E-state index in [1.165, 1.54) is 24.3 Å². The van der Waals surface area contributed by atoms with Crippen molar-refractivity contribution < 1.29 is 22.6 Å². The molecule has 0 spiro atoms. The Bertz CT molecular complexity index is 721. The van der Waals surface area contributed by atoms with Crippen LogP contribution in [0, 0.1) is 6.92 Å². The minimum Gasteiger partial charge on any atom is -0.485 e. The fraction of sp³-hybridized carbons (Fsp3) is 0.188.